The Bertz CT molecular complexity index is 432. The zero-order valence-electron chi connectivity index (χ0n) is 10.7. The van der Waals surface area contributed by atoms with E-state index in [0.29, 0.717) is 17.9 Å². The lowest BCUT2D eigenvalue weighted by molar-refractivity contribution is -0.495. The second-order valence-electron chi connectivity index (χ2n) is 4.61. The van der Waals surface area contributed by atoms with Crippen LogP contribution in [0.15, 0.2) is 24.3 Å². The Kier molecular flexibility index (Phi) is 4.70. The predicted molar refractivity (Wildman–Crippen MR) is 70.1 cm³/mol. The van der Waals surface area contributed by atoms with E-state index in [2.05, 4.69) is 0 Å². The summed E-state index contributed by atoms with van der Waals surface area (Å²) in [4.78, 5) is 10.4. The Morgan fingerprint density at radius 2 is 2.37 bits per heavy atom. The first-order chi connectivity index (χ1) is 9.15. The minimum atomic E-state index is -0.624. The highest BCUT2D eigenvalue weighted by atomic mass is 16.7. The number of nitrogens with zero attached hydrogens (tertiary/aromatic N) is 1. The summed E-state index contributed by atoms with van der Waals surface area (Å²) < 4.78 is 11.2. The van der Waals surface area contributed by atoms with Crippen LogP contribution >= 0.6 is 0 Å². The summed E-state index contributed by atoms with van der Waals surface area (Å²) in [6, 6.07) is 7.00. The van der Waals surface area contributed by atoms with E-state index in [9.17, 15) is 10.1 Å². The average Bonchev–Trinajstić information content (AvgIpc) is 2.39. The second-order valence-corrected chi connectivity index (χ2v) is 4.61. The Balaban J connectivity index is 2.08. The van der Waals surface area contributed by atoms with Crippen molar-refractivity contribution < 1.29 is 14.4 Å². The number of hydrogen-bond donors (Lipinski definition) is 1. The van der Waals surface area contributed by atoms with Crippen LogP contribution in [-0.2, 0) is 9.47 Å². The van der Waals surface area contributed by atoms with Crippen LogP contribution in [0.5, 0.6) is 0 Å². The van der Waals surface area contributed by atoms with Gasteiger partial charge in [0.1, 0.15) is 0 Å². The van der Waals surface area contributed by atoms with Crippen molar-refractivity contribution in [1.82, 2.24) is 0 Å². The predicted octanol–water partition coefficient (Wildman–Crippen LogP) is 2.13. The molecule has 1 aromatic rings. The molecule has 2 rings (SSSR count). The molecule has 104 valence electrons. The van der Waals surface area contributed by atoms with Gasteiger partial charge >= 0.3 is 0 Å². The molecule has 2 atom stereocenters. The smallest absolute Gasteiger partial charge is 0.233 e. The highest BCUT2D eigenvalue weighted by Crippen LogP contribution is 2.25. The van der Waals surface area contributed by atoms with Gasteiger partial charge in [0.2, 0.25) is 6.54 Å². The van der Waals surface area contributed by atoms with Crippen LogP contribution in [-0.4, -0.2) is 24.4 Å². The fraction of sp³-hybridized carbons (Fsp3) is 0.538. The molecule has 6 heteroatoms. The van der Waals surface area contributed by atoms with Crippen molar-refractivity contribution in [2.24, 2.45) is 0 Å². The van der Waals surface area contributed by atoms with Crippen molar-refractivity contribution in [3.05, 3.63) is 39.9 Å². The number of benzene rings is 1. The number of nitro groups is 1. The van der Waals surface area contributed by atoms with Crippen molar-refractivity contribution in [2.45, 2.75) is 31.7 Å². The second kappa shape index (κ2) is 6.49. The molecule has 1 aliphatic rings. The van der Waals surface area contributed by atoms with Gasteiger partial charge in [0.05, 0.1) is 0 Å². The van der Waals surface area contributed by atoms with Gasteiger partial charge in [-0.3, -0.25) is 10.1 Å². The summed E-state index contributed by atoms with van der Waals surface area (Å²) in [5.74, 6) is 0. The Morgan fingerprint density at radius 1 is 1.53 bits per heavy atom. The highest BCUT2D eigenvalue weighted by Gasteiger charge is 2.25. The van der Waals surface area contributed by atoms with Crippen molar-refractivity contribution in [2.75, 3.05) is 18.9 Å². The van der Waals surface area contributed by atoms with E-state index < -0.39 is 6.10 Å². The van der Waals surface area contributed by atoms with Gasteiger partial charge in [-0.2, -0.15) is 0 Å². The molecule has 1 fully saturated rings. The van der Waals surface area contributed by atoms with Crippen molar-refractivity contribution in [1.29, 1.82) is 0 Å². The minimum Gasteiger partial charge on any atom is -0.399 e. The lowest BCUT2D eigenvalue weighted by Crippen LogP contribution is -2.27. The van der Waals surface area contributed by atoms with Crippen LogP contribution < -0.4 is 5.73 Å². The Labute approximate surface area is 111 Å². The molecule has 0 saturated carbocycles. The molecule has 6 nitrogen and oxygen atoms in total. The van der Waals surface area contributed by atoms with Gasteiger partial charge in [-0.25, -0.2) is 0 Å². The van der Waals surface area contributed by atoms with E-state index in [0.717, 1.165) is 19.3 Å². The van der Waals surface area contributed by atoms with Gasteiger partial charge in [-0.15, -0.1) is 0 Å². The lowest BCUT2D eigenvalue weighted by atomic mass is 10.1. The standard InChI is InChI=1S/C13H18N2O4/c14-11-5-3-4-10(8-11)12(9-15(16)17)19-13-6-1-2-7-18-13/h3-5,8,12-13H,1-2,6-7,9,14H2. The number of hydrogen-bond acceptors (Lipinski definition) is 5. The maximum Gasteiger partial charge on any atom is 0.233 e. The van der Waals surface area contributed by atoms with E-state index in [1.54, 1.807) is 24.3 Å². The van der Waals surface area contributed by atoms with Crippen LogP contribution in [0.2, 0.25) is 0 Å². The van der Waals surface area contributed by atoms with Gasteiger partial charge < -0.3 is 15.2 Å². The summed E-state index contributed by atoms with van der Waals surface area (Å²) in [5, 5.41) is 10.8. The van der Waals surface area contributed by atoms with Gasteiger partial charge in [-0.1, -0.05) is 12.1 Å². The third kappa shape index (κ3) is 4.18. The van der Waals surface area contributed by atoms with E-state index in [1.807, 2.05) is 0 Å². The number of rotatable bonds is 5. The van der Waals surface area contributed by atoms with Gasteiger partial charge in [0, 0.05) is 17.2 Å². The molecule has 0 aliphatic carbocycles. The summed E-state index contributed by atoms with van der Waals surface area (Å²) in [6.45, 7) is 0.357. The minimum absolute atomic E-state index is 0.288. The molecule has 1 heterocycles. The summed E-state index contributed by atoms with van der Waals surface area (Å²) in [7, 11) is 0. The Hall–Kier alpha value is -1.66. The first kappa shape index (κ1) is 13.8. The number of anilines is 1. The largest absolute Gasteiger partial charge is 0.399 e. The molecule has 1 aliphatic heterocycles. The molecule has 0 amide bonds. The van der Waals surface area contributed by atoms with Crippen molar-refractivity contribution >= 4 is 5.69 Å². The first-order valence-corrected chi connectivity index (χ1v) is 6.39. The third-order valence-corrected chi connectivity index (χ3v) is 3.05. The fourth-order valence-electron chi connectivity index (χ4n) is 2.12. The van der Waals surface area contributed by atoms with Crippen molar-refractivity contribution in [3.8, 4) is 0 Å². The fourth-order valence-corrected chi connectivity index (χ4v) is 2.12. The summed E-state index contributed by atoms with van der Waals surface area (Å²) in [5.41, 5.74) is 6.99. The molecule has 2 N–H and O–H groups in total. The molecule has 0 radical (unpaired) electrons. The molecule has 0 aromatic heterocycles. The number of nitrogens with two attached hydrogens (primary N) is 1. The zero-order chi connectivity index (χ0) is 13.7. The molecule has 1 saturated heterocycles. The topological polar surface area (TPSA) is 87.6 Å². The van der Waals surface area contributed by atoms with Crippen molar-refractivity contribution in [3.63, 3.8) is 0 Å². The van der Waals surface area contributed by atoms with E-state index in [-0.39, 0.29) is 17.8 Å². The number of nitrogen functional groups attached to an aromatic ring is 1. The molecule has 19 heavy (non-hydrogen) atoms. The first-order valence-electron chi connectivity index (χ1n) is 6.39. The van der Waals surface area contributed by atoms with Gasteiger partial charge in [0.25, 0.3) is 0 Å². The van der Waals surface area contributed by atoms with Crippen LogP contribution in [0, 0.1) is 10.1 Å². The summed E-state index contributed by atoms with van der Waals surface area (Å²) >= 11 is 0. The molecule has 1 aromatic carbocycles. The molecular weight excluding hydrogens is 248 g/mol. The average molecular weight is 266 g/mol. The van der Waals surface area contributed by atoms with Gasteiger partial charge in [0.15, 0.2) is 12.4 Å². The SMILES string of the molecule is Nc1cccc(C(C[N+](=O)[O-])OC2CCCCO2)c1. The Morgan fingerprint density at radius 3 is 3.00 bits per heavy atom. The van der Waals surface area contributed by atoms with Crippen LogP contribution in [0.3, 0.4) is 0 Å². The molecule has 0 bridgehead atoms. The van der Waals surface area contributed by atoms with E-state index >= 15 is 0 Å². The highest BCUT2D eigenvalue weighted by molar-refractivity contribution is 5.41. The van der Waals surface area contributed by atoms with E-state index in [4.69, 9.17) is 15.2 Å². The van der Waals surface area contributed by atoms with Crippen LogP contribution in [0.25, 0.3) is 0 Å². The molecular formula is C13H18N2O4. The molecule has 0 spiro atoms. The quantitative estimate of drug-likeness (QED) is 0.501. The van der Waals surface area contributed by atoms with E-state index in [1.165, 1.54) is 0 Å². The number of ether oxygens (including phenoxy) is 2. The third-order valence-electron chi connectivity index (χ3n) is 3.05. The zero-order valence-corrected chi connectivity index (χ0v) is 10.7. The molecule has 2 unspecified atom stereocenters. The maximum atomic E-state index is 10.8. The lowest BCUT2D eigenvalue weighted by Gasteiger charge is -2.26. The summed E-state index contributed by atoms with van der Waals surface area (Å²) in [6.07, 6.45) is 1.82. The van der Waals surface area contributed by atoms with Gasteiger partial charge in [-0.05, 0) is 37.0 Å². The van der Waals surface area contributed by atoms with Crippen LogP contribution in [0.1, 0.15) is 30.9 Å². The normalized spacial score (nSPS) is 20.9. The van der Waals surface area contributed by atoms with Crippen LogP contribution in [0.4, 0.5) is 5.69 Å². The maximum absolute atomic E-state index is 10.8. The monoisotopic (exact) mass is 266 g/mol.